The van der Waals surface area contributed by atoms with Gasteiger partial charge in [0.2, 0.25) is 0 Å². The summed E-state index contributed by atoms with van der Waals surface area (Å²) in [6.45, 7) is 3.58. The predicted octanol–water partition coefficient (Wildman–Crippen LogP) is 3.44. The zero-order valence-electron chi connectivity index (χ0n) is 10.8. The van der Waals surface area contributed by atoms with Crippen LogP contribution in [0.5, 0.6) is 0 Å². The second-order valence-electron chi connectivity index (χ2n) is 5.28. The van der Waals surface area contributed by atoms with Crippen molar-refractivity contribution in [3.05, 3.63) is 29.8 Å². The van der Waals surface area contributed by atoms with E-state index in [1.165, 1.54) is 12.1 Å². The van der Waals surface area contributed by atoms with E-state index in [9.17, 15) is 4.39 Å². The quantitative estimate of drug-likeness (QED) is 0.789. The molecule has 1 atom stereocenters. The van der Waals surface area contributed by atoms with Gasteiger partial charge in [-0.1, -0.05) is 0 Å². The van der Waals surface area contributed by atoms with E-state index in [0.29, 0.717) is 18.0 Å². The fourth-order valence-electron chi connectivity index (χ4n) is 2.89. The van der Waals surface area contributed by atoms with Crippen molar-refractivity contribution < 1.29 is 9.13 Å². The molecule has 0 saturated carbocycles. The van der Waals surface area contributed by atoms with Gasteiger partial charge >= 0.3 is 0 Å². The van der Waals surface area contributed by atoms with Crippen LogP contribution in [0.25, 0.3) is 11.0 Å². The number of halogens is 2. The van der Waals surface area contributed by atoms with E-state index in [0.717, 1.165) is 30.8 Å². The third-order valence-electron chi connectivity index (χ3n) is 3.76. The van der Waals surface area contributed by atoms with Gasteiger partial charge in [0.1, 0.15) is 11.6 Å². The van der Waals surface area contributed by atoms with Gasteiger partial charge in [-0.3, -0.25) is 0 Å². The number of aromatic nitrogens is 2. The molecule has 0 N–H and O–H groups in total. The van der Waals surface area contributed by atoms with Crippen LogP contribution in [-0.2, 0) is 16.2 Å². The van der Waals surface area contributed by atoms with E-state index in [1.54, 1.807) is 6.07 Å². The predicted molar refractivity (Wildman–Crippen MR) is 72.9 cm³/mol. The van der Waals surface area contributed by atoms with Crippen molar-refractivity contribution in [3.63, 3.8) is 0 Å². The highest BCUT2D eigenvalue weighted by atomic mass is 35.5. The number of hydrogen-bond donors (Lipinski definition) is 0. The first-order chi connectivity index (χ1) is 9.14. The van der Waals surface area contributed by atoms with Gasteiger partial charge in [-0.2, -0.15) is 0 Å². The van der Waals surface area contributed by atoms with Crippen molar-refractivity contribution in [2.24, 2.45) is 0 Å². The molecule has 0 spiro atoms. The standard InChI is InChI=1S/C14H16ClFN2O/c1-14(5-2-6-19-9-14)18-12-4-3-10(16)7-11(12)17-13(18)8-15/h3-4,7H,2,5-6,8-9H2,1H3. The zero-order valence-corrected chi connectivity index (χ0v) is 11.6. The Bertz CT molecular complexity index is 605. The Morgan fingerprint density at radius 3 is 3.05 bits per heavy atom. The van der Waals surface area contributed by atoms with Gasteiger partial charge < -0.3 is 9.30 Å². The average Bonchev–Trinajstić information content (AvgIpc) is 2.77. The van der Waals surface area contributed by atoms with Crippen molar-refractivity contribution >= 4 is 22.6 Å². The van der Waals surface area contributed by atoms with Crippen LogP contribution in [0.15, 0.2) is 18.2 Å². The summed E-state index contributed by atoms with van der Waals surface area (Å²) in [6, 6.07) is 4.69. The van der Waals surface area contributed by atoms with Gasteiger partial charge in [-0.25, -0.2) is 9.37 Å². The maximum Gasteiger partial charge on any atom is 0.125 e. The van der Waals surface area contributed by atoms with E-state index >= 15 is 0 Å². The topological polar surface area (TPSA) is 27.1 Å². The summed E-state index contributed by atoms with van der Waals surface area (Å²) in [7, 11) is 0. The molecule has 2 aromatic rings. The second kappa shape index (κ2) is 4.76. The number of benzene rings is 1. The number of fused-ring (bicyclic) bond motifs is 1. The Hall–Kier alpha value is -1.13. The summed E-state index contributed by atoms with van der Waals surface area (Å²) in [4.78, 5) is 4.45. The first-order valence-electron chi connectivity index (χ1n) is 6.45. The Morgan fingerprint density at radius 2 is 2.37 bits per heavy atom. The van der Waals surface area contributed by atoms with Gasteiger partial charge in [0.25, 0.3) is 0 Å². The van der Waals surface area contributed by atoms with Crippen LogP contribution in [0.3, 0.4) is 0 Å². The lowest BCUT2D eigenvalue weighted by atomic mass is 9.94. The zero-order chi connectivity index (χ0) is 13.5. The molecular weight excluding hydrogens is 267 g/mol. The molecule has 0 radical (unpaired) electrons. The SMILES string of the molecule is CC1(n2c(CCl)nc3cc(F)ccc32)CCCOC1. The first kappa shape index (κ1) is 12.9. The van der Waals surface area contributed by atoms with Crippen molar-refractivity contribution in [1.82, 2.24) is 9.55 Å². The lowest BCUT2D eigenvalue weighted by molar-refractivity contribution is 0.0104. The van der Waals surface area contributed by atoms with Gasteiger partial charge in [-0.05, 0) is 31.9 Å². The van der Waals surface area contributed by atoms with Crippen LogP contribution in [0, 0.1) is 5.82 Å². The lowest BCUT2D eigenvalue weighted by Crippen LogP contribution is -2.39. The highest BCUT2D eigenvalue weighted by Gasteiger charge is 2.33. The highest BCUT2D eigenvalue weighted by Crippen LogP contribution is 2.33. The number of alkyl halides is 1. The Balaban J connectivity index is 2.20. The lowest BCUT2D eigenvalue weighted by Gasteiger charge is -2.36. The Labute approximate surface area is 116 Å². The molecule has 1 aromatic carbocycles. The van der Waals surface area contributed by atoms with Crippen molar-refractivity contribution in [3.8, 4) is 0 Å². The number of hydrogen-bond acceptors (Lipinski definition) is 2. The number of rotatable bonds is 2. The molecule has 3 rings (SSSR count). The van der Waals surface area contributed by atoms with Gasteiger partial charge in [0, 0.05) is 12.7 Å². The smallest absolute Gasteiger partial charge is 0.125 e. The average molecular weight is 283 g/mol. The molecule has 102 valence electrons. The number of nitrogens with zero attached hydrogens (tertiary/aromatic N) is 2. The van der Waals surface area contributed by atoms with Crippen LogP contribution in [-0.4, -0.2) is 22.8 Å². The molecular formula is C14H16ClFN2O. The minimum absolute atomic E-state index is 0.158. The molecule has 5 heteroatoms. The van der Waals surface area contributed by atoms with Crippen LogP contribution >= 0.6 is 11.6 Å². The van der Waals surface area contributed by atoms with Crippen molar-refractivity contribution in [2.75, 3.05) is 13.2 Å². The molecule has 0 bridgehead atoms. The molecule has 0 amide bonds. The molecule has 1 aromatic heterocycles. The normalized spacial score (nSPS) is 23.9. The molecule has 1 unspecified atom stereocenters. The van der Waals surface area contributed by atoms with Gasteiger partial charge in [0.05, 0.1) is 29.1 Å². The van der Waals surface area contributed by atoms with Crippen LogP contribution in [0.4, 0.5) is 4.39 Å². The van der Waals surface area contributed by atoms with Gasteiger partial charge in [-0.15, -0.1) is 11.6 Å². The summed E-state index contributed by atoms with van der Waals surface area (Å²) in [5, 5.41) is 0. The largest absolute Gasteiger partial charge is 0.379 e. The van der Waals surface area contributed by atoms with E-state index in [2.05, 4.69) is 16.5 Å². The minimum atomic E-state index is -0.275. The monoisotopic (exact) mass is 282 g/mol. The molecule has 1 fully saturated rings. The van der Waals surface area contributed by atoms with Crippen molar-refractivity contribution in [1.29, 1.82) is 0 Å². The Kier molecular flexibility index (Phi) is 3.23. The van der Waals surface area contributed by atoms with E-state index in [4.69, 9.17) is 16.3 Å². The summed E-state index contributed by atoms with van der Waals surface area (Å²) in [5.74, 6) is 0.810. The molecule has 2 heterocycles. The number of imidazole rings is 1. The summed E-state index contributed by atoms with van der Waals surface area (Å²) in [5.41, 5.74) is 1.42. The molecule has 0 aliphatic carbocycles. The van der Waals surface area contributed by atoms with E-state index in [-0.39, 0.29) is 11.4 Å². The summed E-state index contributed by atoms with van der Waals surface area (Å²) < 4.78 is 21.0. The molecule has 1 aliphatic rings. The number of ether oxygens (including phenoxy) is 1. The molecule has 3 nitrogen and oxygen atoms in total. The minimum Gasteiger partial charge on any atom is -0.379 e. The fraction of sp³-hybridized carbons (Fsp3) is 0.500. The van der Waals surface area contributed by atoms with E-state index in [1.807, 2.05) is 0 Å². The Morgan fingerprint density at radius 1 is 1.53 bits per heavy atom. The van der Waals surface area contributed by atoms with Crippen molar-refractivity contribution in [2.45, 2.75) is 31.2 Å². The second-order valence-corrected chi connectivity index (χ2v) is 5.55. The third kappa shape index (κ3) is 2.13. The van der Waals surface area contributed by atoms with Crippen LogP contribution in [0.2, 0.25) is 0 Å². The molecule has 1 aliphatic heterocycles. The van der Waals surface area contributed by atoms with Crippen LogP contribution < -0.4 is 0 Å². The summed E-state index contributed by atoms with van der Waals surface area (Å²) in [6.07, 6.45) is 2.03. The van der Waals surface area contributed by atoms with E-state index < -0.39 is 0 Å². The van der Waals surface area contributed by atoms with Crippen LogP contribution in [0.1, 0.15) is 25.6 Å². The highest BCUT2D eigenvalue weighted by molar-refractivity contribution is 6.16. The molecule has 1 saturated heterocycles. The maximum absolute atomic E-state index is 13.3. The molecule has 19 heavy (non-hydrogen) atoms. The summed E-state index contributed by atoms with van der Waals surface area (Å²) >= 11 is 6.01. The third-order valence-corrected chi connectivity index (χ3v) is 4.00. The maximum atomic E-state index is 13.3. The van der Waals surface area contributed by atoms with Gasteiger partial charge in [0.15, 0.2) is 0 Å². The first-order valence-corrected chi connectivity index (χ1v) is 6.98. The fourth-order valence-corrected chi connectivity index (χ4v) is 3.07.